The molecule has 1 aromatic carbocycles. The van der Waals surface area contributed by atoms with Crippen LogP contribution in [0.5, 0.6) is 0 Å². The summed E-state index contributed by atoms with van der Waals surface area (Å²) in [4.78, 5) is 24.1. The molecule has 0 heterocycles. The van der Waals surface area contributed by atoms with E-state index in [2.05, 4.69) is 0 Å². The van der Waals surface area contributed by atoms with E-state index in [1.165, 1.54) is 37.9 Å². The number of nitrogens with zero attached hydrogens (tertiary/aromatic N) is 1. The first-order chi connectivity index (χ1) is 9.53. The van der Waals surface area contributed by atoms with E-state index in [4.69, 9.17) is 14.7 Å². The van der Waals surface area contributed by atoms with Gasteiger partial charge in [-0.3, -0.25) is 0 Å². The third-order valence-electron chi connectivity index (χ3n) is 2.39. The topological polar surface area (TPSA) is 76.4 Å². The highest BCUT2D eigenvalue weighted by molar-refractivity contribution is 7.99. The van der Waals surface area contributed by atoms with E-state index in [1.807, 2.05) is 13.0 Å². The number of methoxy groups -OCH3 is 1. The van der Waals surface area contributed by atoms with Crippen LogP contribution in [-0.2, 0) is 9.47 Å². The molecule has 0 aliphatic heterocycles. The lowest BCUT2D eigenvalue weighted by molar-refractivity contribution is 0.0433. The second-order valence-corrected chi connectivity index (χ2v) is 5.12. The van der Waals surface area contributed by atoms with E-state index < -0.39 is 18.0 Å². The van der Waals surface area contributed by atoms with Gasteiger partial charge in [0.05, 0.1) is 18.2 Å². The molecule has 0 radical (unpaired) electrons. The molecule has 0 N–H and O–H groups in total. The predicted octanol–water partition coefficient (Wildman–Crippen LogP) is 2.65. The molecule has 0 saturated carbocycles. The van der Waals surface area contributed by atoms with Gasteiger partial charge >= 0.3 is 11.9 Å². The molecule has 1 aromatic rings. The number of ether oxygens (including phenoxy) is 2. The highest BCUT2D eigenvalue weighted by Gasteiger charge is 2.17. The van der Waals surface area contributed by atoms with Crippen LogP contribution in [0.1, 0.15) is 34.6 Å². The molecule has 0 spiro atoms. The van der Waals surface area contributed by atoms with E-state index in [0.717, 1.165) is 5.75 Å². The van der Waals surface area contributed by atoms with Crippen molar-refractivity contribution in [3.8, 4) is 6.07 Å². The first kappa shape index (κ1) is 16.1. The number of rotatable bonds is 5. The number of nitriles is 1. The Labute approximate surface area is 121 Å². The highest BCUT2D eigenvalue weighted by atomic mass is 32.2. The Morgan fingerprint density at radius 3 is 2.65 bits per heavy atom. The Balaban J connectivity index is 3.07. The van der Waals surface area contributed by atoms with E-state index in [9.17, 15) is 9.59 Å². The Morgan fingerprint density at radius 1 is 1.40 bits per heavy atom. The molecule has 1 rings (SSSR count). The van der Waals surface area contributed by atoms with Gasteiger partial charge in [-0.05, 0) is 30.9 Å². The number of thioether (sulfide) groups is 1. The molecule has 1 atom stereocenters. The van der Waals surface area contributed by atoms with Crippen molar-refractivity contribution in [2.75, 3.05) is 12.9 Å². The molecule has 106 valence electrons. The van der Waals surface area contributed by atoms with Crippen molar-refractivity contribution in [3.05, 3.63) is 29.3 Å². The van der Waals surface area contributed by atoms with Gasteiger partial charge in [-0.15, -0.1) is 11.8 Å². The van der Waals surface area contributed by atoms with Crippen LogP contribution in [-0.4, -0.2) is 30.9 Å². The first-order valence-electron chi connectivity index (χ1n) is 5.99. The summed E-state index contributed by atoms with van der Waals surface area (Å²) in [5.74, 6) is -0.295. The zero-order chi connectivity index (χ0) is 15.1. The number of carbonyl (C=O) groups is 2. The van der Waals surface area contributed by atoms with Crippen molar-refractivity contribution >= 4 is 23.7 Å². The predicted molar refractivity (Wildman–Crippen MR) is 74.7 cm³/mol. The summed E-state index contributed by atoms with van der Waals surface area (Å²) < 4.78 is 9.61. The minimum atomic E-state index is -0.815. The maximum Gasteiger partial charge on any atom is 0.339 e. The van der Waals surface area contributed by atoms with Gasteiger partial charge in [0.1, 0.15) is 6.07 Å². The van der Waals surface area contributed by atoms with Crippen LogP contribution in [0, 0.1) is 11.3 Å². The second kappa shape index (κ2) is 7.56. The van der Waals surface area contributed by atoms with E-state index in [0.29, 0.717) is 16.0 Å². The molecule has 0 fully saturated rings. The summed E-state index contributed by atoms with van der Waals surface area (Å²) in [5.41, 5.74) is 0.708. The largest absolute Gasteiger partial charge is 0.465 e. The van der Waals surface area contributed by atoms with Crippen molar-refractivity contribution in [1.29, 1.82) is 5.26 Å². The average molecular weight is 293 g/mol. The number of esters is 2. The normalized spacial score (nSPS) is 11.3. The first-order valence-corrected chi connectivity index (χ1v) is 6.97. The lowest BCUT2D eigenvalue weighted by Crippen LogP contribution is -2.14. The van der Waals surface area contributed by atoms with Crippen molar-refractivity contribution in [2.24, 2.45) is 0 Å². The summed E-state index contributed by atoms with van der Waals surface area (Å²) in [6.07, 6.45) is -0.815. The molecule has 20 heavy (non-hydrogen) atoms. The number of carbonyl (C=O) groups excluding carboxylic acids is 2. The third kappa shape index (κ3) is 4.00. The zero-order valence-corrected chi connectivity index (χ0v) is 12.3. The van der Waals surface area contributed by atoms with Crippen LogP contribution in [0.2, 0.25) is 0 Å². The molecular formula is C14H15NO4S. The molecule has 5 nitrogen and oxygen atoms in total. The molecule has 0 amide bonds. The van der Waals surface area contributed by atoms with Gasteiger partial charge in [0.15, 0.2) is 6.10 Å². The summed E-state index contributed by atoms with van der Waals surface area (Å²) in [6, 6.07) is 6.41. The van der Waals surface area contributed by atoms with E-state index in [1.54, 1.807) is 6.07 Å². The van der Waals surface area contributed by atoms with E-state index in [-0.39, 0.29) is 0 Å². The Hall–Kier alpha value is -2.00. The fourth-order valence-electron chi connectivity index (χ4n) is 1.46. The third-order valence-corrected chi connectivity index (χ3v) is 3.33. The minimum absolute atomic E-state index is 0.302. The van der Waals surface area contributed by atoms with Crippen molar-refractivity contribution in [2.45, 2.75) is 24.8 Å². The van der Waals surface area contributed by atoms with Gasteiger partial charge in [0.2, 0.25) is 0 Å². The Morgan fingerprint density at radius 2 is 2.10 bits per heavy atom. The highest BCUT2D eigenvalue weighted by Crippen LogP contribution is 2.25. The summed E-state index contributed by atoms with van der Waals surface area (Å²) in [5, 5.41) is 8.63. The summed E-state index contributed by atoms with van der Waals surface area (Å²) in [7, 11) is 1.31. The lowest BCUT2D eigenvalue weighted by Gasteiger charge is -2.10. The van der Waals surface area contributed by atoms with Crippen LogP contribution < -0.4 is 0 Å². The fourth-order valence-corrected chi connectivity index (χ4v) is 2.29. The number of benzene rings is 1. The van der Waals surface area contributed by atoms with Gasteiger partial charge in [-0.25, -0.2) is 9.59 Å². The number of hydrogen-bond acceptors (Lipinski definition) is 6. The van der Waals surface area contributed by atoms with Crippen molar-refractivity contribution in [1.82, 2.24) is 0 Å². The van der Waals surface area contributed by atoms with Crippen LogP contribution in [0.25, 0.3) is 0 Å². The smallest absolute Gasteiger partial charge is 0.339 e. The SMILES string of the molecule is CCSc1cc(C(=O)OC(C)C#N)ccc1C(=O)OC. The monoisotopic (exact) mass is 293 g/mol. The molecule has 0 bridgehead atoms. The van der Waals surface area contributed by atoms with Gasteiger partial charge in [0, 0.05) is 4.90 Å². The quantitative estimate of drug-likeness (QED) is 0.613. The van der Waals surface area contributed by atoms with Crippen LogP contribution in [0.3, 0.4) is 0 Å². The maximum absolute atomic E-state index is 11.8. The van der Waals surface area contributed by atoms with Gasteiger partial charge in [-0.1, -0.05) is 6.92 Å². The van der Waals surface area contributed by atoms with Crippen molar-refractivity contribution < 1.29 is 19.1 Å². The number of hydrogen-bond donors (Lipinski definition) is 0. The van der Waals surface area contributed by atoms with Crippen LogP contribution >= 0.6 is 11.8 Å². The van der Waals surface area contributed by atoms with Crippen LogP contribution in [0.15, 0.2) is 23.1 Å². The lowest BCUT2D eigenvalue weighted by atomic mass is 10.1. The Kier molecular flexibility index (Phi) is 6.07. The van der Waals surface area contributed by atoms with Gasteiger partial charge in [0.25, 0.3) is 0 Å². The second-order valence-electron chi connectivity index (χ2n) is 3.81. The standard InChI is InChI=1S/C14H15NO4S/c1-4-20-12-7-10(13(16)19-9(2)8-15)5-6-11(12)14(17)18-3/h5-7,9H,4H2,1-3H3. The van der Waals surface area contributed by atoms with Gasteiger partial charge < -0.3 is 9.47 Å². The molecule has 0 aliphatic rings. The summed E-state index contributed by atoms with van der Waals surface area (Å²) in [6.45, 7) is 3.43. The molecule has 0 saturated heterocycles. The molecule has 0 aromatic heterocycles. The van der Waals surface area contributed by atoms with Gasteiger partial charge in [-0.2, -0.15) is 5.26 Å². The van der Waals surface area contributed by atoms with E-state index >= 15 is 0 Å². The minimum Gasteiger partial charge on any atom is -0.465 e. The van der Waals surface area contributed by atoms with Crippen LogP contribution in [0.4, 0.5) is 0 Å². The maximum atomic E-state index is 11.8. The fraction of sp³-hybridized carbons (Fsp3) is 0.357. The average Bonchev–Trinajstić information content (AvgIpc) is 2.46. The molecular weight excluding hydrogens is 278 g/mol. The molecule has 6 heteroatoms. The molecule has 1 unspecified atom stereocenters. The molecule has 0 aliphatic carbocycles. The summed E-state index contributed by atoms with van der Waals surface area (Å²) >= 11 is 1.43. The zero-order valence-electron chi connectivity index (χ0n) is 11.5. The van der Waals surface area contributed by atoms with Crippen molar-refractivity contribution in [3.63, 3.8) is 0 Å². The Bertz CT molecular complexity index is 551.